The van der Waals surface area contributed by atoms with E-state index in [2.05, 4.69) is 15.6 Å². The van der Waals surface area contributed by atoms with Gasteiger partial charge < -0.3 is 4.74 Å². The molecule has 0 spiro atoms. The van der Waals surface area contributed by atoms with Gasteiger partial charge in [0.15, 0.2) is 0 Å². The van der Waals surface area contributed by atoms with E-state index in [1.165, 1.54) is 42.4 Å². The maximum atomic E-state index is 12.3. The standard InChI is InChI=1S/C20H18N6O6/c1-13-3-5-15(8-18(13)26(30)31)20(27)23-21-9-14-4-6-19(32-2)16(7-14)11-24-12-17(10-22-24)25(28)29/h3-10,12H,11H2,1-2H3,(H,23,27)/b21-9+. The first-order valence-corrected chi connectivity index (χ1v) is 9.20. The lowest BCUT2D eigenvalue weighted by Gasteiger charge is -2.09. The van der Waals surface area contributed by atoms with Crippen LogP contribution in [0.15, 0.2) is 53.9 Å². The number of carbonyl (C=O) groups excluding carboxylic acids is 1. The van der Waals surface area contributed by atoms with Crippen molar-refractivity contribution in [1.82, 2.24) is 15.2 Å². The number of nitrogens with zero attached hydrogens (tertiary/aromatic N) is 5. The second-order valence-electron chi connectivity index (χ2n) is 6.68. The van der Waals surface area contributed by atoms with Gasteiger partial charge in [-0.3, -0.25) is 29.7 Å². The Kier molecular flexibility index (Phi) is 6.53. The first kappa shape index (κ1) is 22.1. The van der Waals surface area contributed by atoms with Crippen molar-refractivity contribution >= 4 is 23.5 Å². The SMILES string of the molecule is COc1ccc(/C=N/NC(=O)c2ccc(C)c([N+](=O)[O-])c2)cc1Cn1cc([N+](=O)[O-])cn1. The molecule has 0 atom stereocenters. The molecule has 0 unspecified atom stereocenters. The van der Waals surface area contributed by atoms with Crippen LogP contribution in [0.4, 0.5) is 11.4 Å². The maximum absolute atomic E-state index is 12.3. The van der Waals surface area contributed by atoms with Crippen LogP contribution in [0.2, 0.25) is 0 Å². The monoisotopic (exact) mass is 438 g/mol. The van der Waals surface area contributed by atoms with Crippen LogP contribution in [0.5, 0.6) is 5.75 Å². The van der Waals surface area contributed by atoms with E-state index in [0.29, 0.717) is 22.4 Å². The van der Waals surface area contributed by atoms with Gasteiger partial charge in [-0.15, -0.1) is 0 Å². The average molecular weight is 438 g/mol. The first-order valence-electron chi connectivity index (χ1n) is 9.20. The number of hydrogen-bond donors (Lipinski definition) is 1. The fraction of sp³-hybridized carbons (Fsp3) is 0.150. The van der Waals surface area contributed by atoms with Crippen LogP contribution >= 0.6 is 0 Å². The number of nitro benzene ring substituents is 1. The van der Waals surface area contributed by atoms with E-state index in [0.717, 1.165) is 6.20 Å². The lowest BCUT2D eigenvalue weighted by molar-refractivity contribution is -0.385. The number of aryl methyl sites for hydroxylation is 1. The summed E-state index contributed by atoms with van der Waals surface area (Å²) in [6.45, 7) is 1.80. The van der Waals surface area contributed by atoms with Crippen LogP contribution in [-0.4, -0.2) is 38.9 Å². The molecule has 1 aromatic heterocycles. The quantitative estimate of drug-likeness (QED) is 0.322. The van der Waals surface area contributed by atoms with Gasteiger partial charge in [0.2, 0.25) is 0 Å². The number of nitro groups is 2. The van der Waals surface area contributed by atoms with Crippen LogP contribution in [0.25, 0.3) is 0 Å². The van der Waals surface area contributed by atoms with E-state index in [9.17, 15) is 25.0 Å². The van der Waals surface area contributed by atoms with E-state index in [4.69, 9.17) is 4.74 Å². The van der Waals surface area contributed by atoms with E-state index in [1.807, 2.05) is 0 Å². The molecule has 12 heteroatoms. The highest BCUT2D eigenvalue weighted by atomic mass is 16.6. The van der Waals surface area contributed by atoms with E-state index < -0.39 is 15.8 Å². The first-order chi connectivity index (χ1) is 15.3. The largest absolute Gasteiger partial charge is 0.496 e. The molecule has 2 aromatic carbocycles. The molecule has 1 amide bonds. The van der Waals surface area contributed by atoms with Gasteiger partial charge in [0.1, 0.15) is 18.1 Å². The van der Waals surface area contributed by atoms with Crippen LogP contribution in [0.1, 0.15) is 27.0 Å². The number of hydrazone groups is 1. The summed E-state index contributed by atoms with van der Waals surface area (Å²) in [7, 11) is 1.50. The minimum atomic E-state index is -0.595. The van der Waals surface area contributed by atoms with Crippen molar-refractivity contribution < 1.29 is 19.4 Å². The van der Waals surface area contributed by atoms with Crippen molar-refractivity contribution in [2.75, 3.05) is 7.11 Å². The molecule has 0 aliphatic heterocycles. The number of rotatable bonds is 8. The number of amides is 1. The summed E-state index contributed by atoms with van der Waals surface area (Å²) in [5, 5.41) is 29.7. The van der Waals surface area contributed by atoms with Crippen molar-refractivity contribution in [3.8, 4) is 5.75 Å². The molecule has 0 bridgehead atoms. The van der Waals surface area contributed by atoms with Crippen LogP contribution in [0.3, 0.4) is 0 Å². The fourth-order valence-corrected chi connectivity index (χ4v) is 2.89. The maximum Gasteiger partial charge on any atom is 0.307 e. The Morgan fingerprint density at radius 2 is 2.00 bits per heavy atom. The predicted molar refractivity (Wildman–Crippen MR) is 114 cm³/mol. The van der Waals surface area contributed by atoms with E-state index >= 15 is 0 Å². The van der Waals surface area contributed by atoms with Crippen molar-refractivity contribution in [1.29, 1.82) is 0 Å². The molecule has 3 aromatic rings. The normalized spacial score (nSPS) is 10.8. The molecule has 0 radical (unpaired) electrons. The lowest BCUT2D eigenvalue weighted by Crippen LogP contribution is -2.17. The second kappa shape index (κ2) is 9.47. The molecule has 0 fully saturated rings. The number of hydrogen-bond acceptors (Lipinski definition) is 8. The van der Waals surface area contributed by atoms with Crippen molar-refractivity contribution in [3.63, 3.8) is 0 Å². The highest BCUT2D eigenvalue weighted by Crippen LogP contribution is 2.22. The minimum Gasteiger partial charge on any atom is -0.496 e. The molecule has 0 aliphatic carbocycles. The van der Waals surface area contributed by atoms with Crippen LogP contribution in [-0.2, 0) is 6.54 Å². The number of ether oxygens (including phenoxy) is 1. The number of nitrogens with one attached hydrogen (secondary N) is 1. The van der Waals surface area contributed by atoms with Crippen molar-refractivity contribution in [2.45, 2.75) is 13.5 Å². The van der Waals surface area contributed by atoms with Gasteiger partial charge in [-0.25, -0.2) is 5.43 Å². The molecule has 1 N–H and O–H groups in total. The Hall–Kier alpha value is -4.61. The second-order valence-corrected chi connectivity index (χ2v) is 6.68. The Balaban J connectivity index is 1.73. The molecule has 32 heavy (non-hydrogen) atoms. The lowest BCUT2D eigenvalue weighted by atomic mass is 10.1. The van der Waals surface area contributed by atoms with Gasteiger partial charge in [0.05, 0.1) is 29.7 Å². The highest BCUT2D eigenvalue weighted by Gasteiger charge is 2.15. The molecule has 0 saturated carbocycles. The zero-order valence-corrected chi connectivity index (χ0v) is 17.1. The summed E-state index contributed by atoms with van der Waals surface area (Å²) in [5.74, 6) is -0.0433. The van der Waals surface area contributed by atoms with Crippen LogP contribution in [0, 0.1) is 27.2 Å². The molecule has 0 saturated heterocycles. The molecule has 164 valence electrons. The number of benzene rings is 2. The highest BCUT2D eigenvalue weighted by molar-refractivity contribution is 5.95. The summed E-state index contributed by atoms with van der Waals surface area (Å²) in [6, 6.07) is 9.29. The summed E-state index contributed by atoms with van der Waals surface area (Å²) in [4.78, 5) is 33.0. The van der Waals surface area contributed by atoms with Crippen molar-refractivity contribution in [2.24, 2.45) is 5.10 Å². The smallest absolute Gasteiger partial charge is 0.307 e. The van der Waals surface area contributed by atoms with E-state index in [1.54, 1.807) is 25.1 Å². The number of methoxy groups -OCH3 is 1. The van der Waals surface area contributed by atoms with Gasteiger partial charge in [0.25, 0.3) is 11.6 Å². The zero-order chi connectivity index (χ0) is 23.3. The van der Waals surface area contributed by atoms with Crippen LogP contribution < -0.4 is 10.2 Å². The Bertz CT molecular complexity index is 1220. The fourth-order valence-electron chi connectivity index (χ4n) is 2.89. The van der Waals surface area contributed by atoms with Gasteiger partial charge in [0, 0.05) is 22.8 Å². The van der Waals surface area contributed by atoms with Gasteiger partial charge in [-0.05, 0) is 36.8 Å². The number of aromatic nitrogens is 2. The Morgan fingerprint density at radius 3 is 2.66 bits per heavy atom. The molecule has 0 aliphatic rings. The van der Waals surface area contributed by atoms with E-state index in [-0.39, 0.29) is 23.5 Å². The summed E-state index contributed by atoms with van der Waals surface area (Å²) in [6.07, 6.45) is 3.86. The number of carbonyl (C=O) groups is 1. The van der Waals surface area contributed by atoms with Gasteiger partial charge in [-0.2, -0.15) is 10.2 Å². The molecular weight excluding hydrogens is 420 g/mol. The topological polar surface area (TPSA) is 155 Å². The zero-order valence-electron chi connectivity index (χ0n) is 17.1. The summed E-state index contributed by atoms with van der Waals surface area (Å²) >= 11 is 0. The third kappa shape index (κ3) is 5.11. The Labute approximate surface area is 181 Å². The summed E-state index contributed by atoms with van der Waals surface area (Å²) < 4.78 is 6.73. The molecular formula is C20H18N6O6. The average Bonchev–Trinajstić information content (AvgIpc) is 3.23. The summed E-state index contributed by atoms with van der Waals surface area (Å²) in [5.41, 5.74) is 3.92. The predicted octanol–water partition coefficient (Wildman–Crippen LogP) is 2.83. The molecule has 12 nitrogen and oxygen atoms in total. The third-order valence-electron chi connectivity index (χ3n) is 4.51. The van der Waals surface area contributed by atoms with Gasteiger partial charge in [-0.1, -0.05) is 6.07 Å². The Morgan fingerprint density at radius 1 is 1.22 bits per heavy atom. The molecule has 3 rings (SSSR count). The van der Waals surface area contributed by atoms with Gasteiger partial charge >= 0.3 is 5.69 Å². The van der Waals surface area contributed by atoms with Crippen molar-refractivity contribution in [3.05, 3.63) is 91.3 Å². The molecule has 1 heterocycles. The third-order valence-corrected chi connectivity index (χ3v) is 4.51. The minimum absolute atomic E-state index is 0.107.